The Labute approximate surface area is 171 Å². The van der Waals surface area contributed by atoms with Crippen LogP contribution in [0, 0.1) is 20.8 Å². The van der Waals surface area contributed by atoms with Gasteiger partial charge in [-0.2, -0.15) is 0 Å². The molecule has 2 N–H and O–H groups in total. The van der Waals surface area contributed by atoms with Crippen molar-refractivity contribution < 1.29 is 4.79 Å². The third kappa shape index (κ3) is 5.07. The summed E-state index contributed by atoms with van der Waals surface area (Å²) < 4.78 is 2.25. The number of carbonyl (C=O) groups is 1. The Balaban J connectivity index is 1.86. The number of rotatable bonds is 5. The molecule has 3 aromatic rings. The third-order valence-electron chi connectivity index (χ3n) is 4.04. The molecule has 3 rings (SSSR count). The molecule has 1 heterocycles. The number of hydrogen-bond donors (Lipinski definition) is 2. The fourth-order valence-electron chi connectivity index (χ4n) is 2.92. The molecular formula is C21H21BrN4O2. The number of nitrogens with one attached hydrogen (secondary N) is 2. The van der Waals surface area contributed by atoms with Gasteiger partial charge >= 0.3 is 0 Å². The van der Waals surface area contributed by atoms with Gasteiger partial charge in [0.15, 0.2) is 0 Å². The lowest BCUT2D eigenvalue weighted by Crippen LogP contribution is -2.30. The SMILES string of the molecule is Cc1cc(C)cc(Nc2nc(C)cc(=O)n2CC(=O)Nc2ccc(Br)cc2)c1. The first-order valence-electron chi connectivity index (χ1n) is 8.79. The van der Waals surface area contributed by atoms with E-state index in [4.69, 9.17) is 0 Å². The van der Waals surface area contributed by atoms with E-state index in [2.05, 4.69) is 37.6 Å². The first kappa shape index (κ1) is 19.8. The van der Waals surface area contributed by atoms with Crippen molar-refractivity contribution >= 4 is 39.2 Å². The fourth-order valence-corrected chi connectivity index (χ4v) is 3.19. The summed E-state index contributed by atoms with van der Waals surface area (Å²) in [5, 5.41) is 5.97. The number of aromatic nitrogens is 2. The molecule has 0 atom stereocenters. The van der Waals surface area contributed by atoms with Gasteiger partial charge in [0, 0.05) is 27.6 Å². The van der Waals surface area contributed by atoms with Crippen LogP contribution >= 0.6 is 15.9 Å². The van der Waals surface area contributed by atoms with Crippen LogP contribution in [-0.2, 0) is 11.3 Å². The molecule has 0 aliphatic heterocycles. The number of carbonyl (C=O) groups excluding carboxylic acids is 1. The van der Waals surface area contributed by atoms with Crippen LogP contribution in [0.1, 0.15) is 16.8 Å². The molecule has 144 valence electrons. The van der Waals surface area contributed by atoms with Crippen molar-refractivity contribution in [2.24, 2.45) is 0 Å². The minimum Gasteiger partial charge on any atom is -0.325 e. The summed E-state index contributed by atoms with van der Waals surface area (Å²) >= 11 is 3.36. The summed E-state index contributed by atoms with van der Waals surface area (Å²) in [5.41, 5.74) is 3.96. The van der Waals surface area contributed by atoms with E-state index in [0.717, 1.165) is 21.3 Å². The molecule has 0 fully saturated rings. The van der Waals surface area contributed by atoms with E-state index in [1.54, 1.807) is 19.1 Å². The van der Waals surface area contributed by atoms with E-state index in [-0.39, 0.29) is 18.0 Å². The maximum Gasteiger partial charge on any atom is 0.255 e. The number of nitrogens with zero attached hydrogens (tertiary/aromatic N) is 2. The molecule has 0 saturated carbocycles. The molecule has 1 aromatic heterocycles. The highest BCUT2D eigenvalue weighted by molar-refractivity contribution is 9.10. The summed E-state index contributed by atoms with van der Waals surface area (Å²) in [7, 11) is 0. The van der Waals surface area contributed by atoms with E-state index in [1.807, 2.05) is 38.1 Å². The van der Waals surface area contributed by atoms with Crippen LogP contribution in [0.25, 0.3) is 0 Å². The molecule has 0 saturated heterocycles. The molecule has 0 aliphatic carbocycles. The zero-order chi connectivity index (χ0) is 20.3. The molecule has 7 heteroatoms. The normalized spacial score (nSPS) is 10.6. The van der Waals surface area contributed by atoms with Crippen molar-refractivity contribution in [3.05, 3.63) is 80.2 Å². The number of benzene rings is 2. The highest BCUT2D eigenvalue weighted by Crippen LogP contribution is 2.18. The Bertz CT molecular complexity index is 1050. The van der Waals surface area contributed by atoms with Gasteiger partial charge in [-0.05, 0) is 68.3 Å². The van der Waals surface area contributed by atoms with Gasteiger partial charge < -0.3 is 10.6 Å². The van der Waals surface area contributed by atoms with Gasteiger partial charge in [0.2, 0.25) is 11.9 Å². The standard InChI is InChI=1S/C21H21BrN4O2/c1-13-8-14(2)10-18(9-13)25-21-23-15(3)11-20(28)26(21)12-19(27)24-17-6-4-16(22)5-7-17/h4-11H,12H2,1-3H3,(H,23,25)(H,24,27). The summed E-state index contributed by atoms with van der Waals surface area (Å²) in [6.07, 6.45) is 0. The minimum absolute atomic E-state index is 0.144. The Hall–Kier alpha value is -2.93. The zero-order valence-electron chi connectivity index (χ0n) is 15.9. The fraction of sp³-hybridized carbons (Fsp3) is 0.190. The van der Waals surface area contributed by atoms with E-state index in [1.165, 1.54) is 10.6 Å². The van der Waals surface area contributed by atoms with Gasteiger partial charge in [0.25, 0.3) is 5.56 Å². The molecule has 2 aromatic carbocycles. The van der Waals surface area contributed by atoms with E-state index in [9.17, 15) is 9.59 Å². The average molecular weight is 441 g/mol. The molecule has 0 spiro atoms. The predicted molar refractivity (Wildman–Crippen MR) is 115 cm³/mol. The van der Waals surface area contributed by atoms with Crippen molar-refractivity contribution in [2.75, 3.05) is 10.6 Å². The van der Waals surface area contributed by atoms with Crippen LogP contribution < -0.4 is 16.2 Å². The van der Waals surface area contributed by atoms with E-state index < -0.39 is 0 Å². The highest BCUT2D eigenvalue weighted by Gasteiger charge is 2.12. The first-order valence-corrected chi connectivity index (χ1v) is 9.59. The van der Waals surface area contributed by atoms with Gasteiger partial charge in [0.1, 0.15) is 6.54 Å². The lowest BCUT2D eigenvalue weighted by molar-refractivity contribution is -0.116. The Morgan fingerprint density at radius 3 is 2.29 bits per heavy atom. The van der Waals surface area contributed by atoms with Crippen LogP contribution in [0.3, 0.4) is 0 Å². The quantitative estimate of drug-likeness (QED) is 0.619. The monoisotopic (exact) mass is 440 g/mol. The lowest BCUT2D eigenvalue weighted by Gasteiger charge is -2.15. The van der Waals surface area contributed by atoms with Crippen LogP contribution in [-0.4, -0.2) is 15.5 Å². The van der Waals surface area contributed by atoms with Crippen LogP contribution in [0.4, 0.5) is 17.3 Å². The molecule has 6 nitrogen and oxygen atoms in total. The van der Waals surface area contributed by atoms with Crippen LogP contribution in [0.5, 0.6) is 0 Å². The van der Waals surface area contributed by atoms with Crippen molar-refractivity contribution in [3.63, 3.8) is 0 Å². The van der Waals surface area contributed by atoms with E-state index in [0.29, 0.717) is 17.3 Å². The predicted octanol–water partition coefficient (Wildman–Crippen LogP) is 4.31. The van der Waals surface area contributed by atoms with Gasteiger partial charge in [-0.3, -0.25) is 14.2 Å². The summed E-state index contributed by atoms with van der Waals surface area (Å²) in [5.74, 6) is 0.0273. The average Bonchev–Trinajstić information content (AvgIpc) is 2.59. The zero-order valence-corrected chi connectivity index (χ0v) is 17.5. The van der Waals surface area contributed by atoms with Crippen molar-refractivity contribution in [2.45, 2.75) is 27.3 Å². The summed E-state index contributed by atoms with van der Waals surface area (Å²) in [4.78, 5) is 29.4. The topological polar surface area (TPSA) is 76.0 Å². The van der Waals surface area contributed by atoms with Gasteiger partial charge in [0.05, 0.1) is 0 Å². The number of hydrogen-bond acceptors (Lipinski definition) is 4. The summed E-state index contributed by atoms with van der Waals surface area (Å²) in [6.45, 7) is 5.61. The maximum absolute atomic E-state index is 12.5. The van der Waals surface area contributed by atoms with Crippen LogP contribution in [0.2, 0.25) is 0 Å². The molecule has 0 unspecified atom stereocenters. The molecule has 0 bridgehead atoms. The van der Waals surface area contributed by atoms with Gasteiger partial charge in [-0.15, -0.1) is 0 Å². The number of halogens is 1. The van der Waals surface area contributed by atoms with Crippen molar-refractivity contribution in [1.82, 2.24) is 9.55 Å². The second kappa shape index (κ2) is 8.39. The number of amides is 1. The molecule has 28 heavy (non-hydrogen) atoms. The second-order valence-corrected chi connectivity index (χ2v) is 7.62. The third-order valence-corrected chi connectivity index (χ3v) is 4.57. The second-order valence-electron chi connectivity index (χ2n) is 6.70. The largest absolute Gasteiger partial charge is 0.325 e. The van der Waals surface area contributed by atoms with Crippen LogP contribution in [0.15, 0.2) is 57.8 Å². The molecule has 0 radical (unpaired) electrons. The van der Waals surface area contributed by atoms with E-state index >= 15 is 0 Å². The van der Waals surface area contributed by atoms with Gasteiger partial charge in [-0.25, -0.2) is 4.98 Å². The van der Waals surface area contributed by atoms with Gasteiger partial charge in [-0.1, -0.05) is 22.0 Å². The Kier molecular flexibility index (Phi) is 5.94. The maximum atomic E-state index is 12.5. The lowest BCUT2D eigenvalue weighted by atomic mass is 10.1. The Morgan fingerprint density at radius 2 is 1.64 bits per heavy atom. The molecule has 0 aliphatic rings. The number of aryl methyl sites for hydroxylation is 3. The first-order chi connectivity index (χ1) is 13.3. The van der Waals surface area contributed by atoms with Crippen molar-refractivity contribution in [1.29, 1.82) is 0 Å². The highest BCUT2D eigenvalue weighted by atomic mass is 79.9. The smallest absolute Gasteiger partial charge is 0.255 e. The van der Waals surface area contributed by atoms with Crippen molar-refractivity contribution in [3.8, 4) is 0 Å². The minimum atomic E-state index is -0.307. The number of anilines is 3. The Morgan fingerprint density at radius 1 is 1.00 bits per heavy atom. The summed E-state index contributed by atoms with van der Waals surface area (Å²) in [6, 6.07) is 14.7. The molecular weight excluding hydrogens is 420 g/mol. The molecule has 1 amide bonds.